The molecule has 0 bridgehead atoms. The predicted molar refractivity (Wildman–Crippen MR) is 105 cm³/mol. The lowest BCUT2D eigenvalue weighted by Crippen LogP contribution is -2.42. The number of methoxy groups -OCH3 is 1. The van der Waals surface area contributed by atoms with Gasteiger partial charge in [0.15, 0.2) is 0 Å². The van der Waals surface area contributed by atoms with E-state index in [0.717, 1.165) is 5.56 Å². The lowest BCUT2D eigenvalue weighted by atomic mass is 10.1. The molecular formula is C21H19FN2O3S. The molecule has 7 heteroatoms. The Morgan fingerprint density at radius 2 is 1.68 bits per heavy atom. The number of halogens is 1. The van der Waals surface area contributed by atoms with Gasteiger partial charge in [-0.25, -0.2) is 12.8 Å². The van der Waals surface area contributed by atoms with Crippen molar-refractivity contribution in [3.63, 3.8) is 0 Å². The zero-order chi connectivity index (χ0) is 19.7. The molecule has 1 heterocycles. The van der Waals surface area contributed by atoms with E-state index >= 15 is 0 Å². The van der Waals surface area contributed by atoms with Crippen LogP contribution in [0.25, 0.3) is 0 Å². The summed E-state index contributed by atoms with van der Waals surface area (Å²) < 4.78 is 46.7. The van der Waals surface area contributed by atoms with E-state index in [4.69, 9.17) is 4.74 Å². The average Bonchev–Trinajstić information content (AvgIpc) is 2.71. The molecule has 3 aromatic carbocycles. The fourth-order valence-corrected chi connectivity index (χ4v) is 4.96. The van der Waals surface area contributed by atoms with Crippen LogP contribution < -0.4 is 10.1 Å². The van der Waals surface area contributed by atoms with Gasteiger partial charge in [-0.05, 0) is 47.5 Å². The van der Waals surface area contributed by atoms with Crippen molar-refractivity contribution in [2.75, 3.05) is 12.4 Å². The quantitative estimate of drug-likeness (QED) is 0.717. The fraction of sp³-hybridized carbons (Fsp3) is 0.143. The third kappa shape index (κ3) is 3.34. The van der Waals surface area contributed by atoms with Gasteiger partial charge in [-0.2, -0.15) is 4.31 Å². The summed E-state index contributed by atoms with van der Waals surface area (Å²) in [4.78, 5) is 0.224. The maximum atomic E-state index is 13.4. The van der Waals surface area contributed by atoms with Crippen molar-refractivity contribution in [2.45, 2.75) is 17.6 Å². The molecule has 0 radical (unpaired) electrons. The molecule has 4 rings (SSSR count). The standard InChI is InChI=1S/C21H19FN2O3S/c1-27-18-12-6-15(7-13-18)14-24-21(16-8-10-17(22)11-9-16)23-19-4-2-3-5-20(19)28(24,25)26/h2-13,21,23H,14H2,1H3/t21-/m0/s1. The number of anilines is 1. The number of fused-ring (bicyclic) bond motifs is 1. The van der Waals surface area contributed by atoms with Gasteiger partial charge < -0.3 is 10.1 Å². The number of hydrogen-bond acceptors (Lipinski definition) is 4. The molecule has 1 atom stereocenters. The predicted octanol–water partition coefficient (Wildman–Crippen LogP) is 4.15. The minimum absolute atomic E-state index is 0.162. The number of hydrogen-bond donors (Lipinski definition) is 1. The molecule has 1 aliphatic heterocycles. The van der Waals surface area contributed by atoms with E-state index in [9.17, 15) is 12.8 Å². The summed E-state index contributed by atoms with van der Waals surface area (Å²) in [6, 6.07) is 19.9. The molecule has 1 aliphatic rings. The molecule has 0 spiro atoms. The first-order valence-corrected chi connectivity index (χ1v) is 10.2. The highest BCUT2D eigenvalue weighted by Crippen LogP contribution is 2.39. The highest BCUT2D eigenvalue weighted by molar-refractivity contribution is 7.89. The van der Waals surface area contributed by atoms with Crippen LogP contribution in [0, 0.1) is 5.82 Å². The van der Waals surface area contributed by atoms with Crippen molar-refractivity contribution < 1.29 is 17.5 Å². The fourth-order valence-electron chi connectivity index (χ4n) is 3.28. The van der Waals surface area contributed by atoms with Gasteiger partial charge in [-0.1, -0.05) is 36.4 Å². The van der Waals surface area contributed by atoms with E-state index in [-0.39, 0.29) is 17.3 Å². The van der Waals surface area contributed by atoms with Gasteiger partial charge in [0.25, 0.3) is 0 Å². The molecule has 0 aromatic heterocycles. The molecule has 5 nitrogen and oxygen atoms in total. The van der Waals surface area contributed by atoms with Crippen molar-refractivity contribution in [1.29, 1.82) is 0 Å². The van der Waals surface area contributed by atoms with Gasteiger partial charge >= 0.3 is 0 Å². The zero-order valence-electron chi connectivity index (χ0n) is 15.2. The molecule has 0 saturated carbocycles. The van der Waals surface area contributed by atoms with E-state index in [1.54, 1.807) is 55.6 Å². The van der Waals surface area contributed by atoms with Crippen LogP contribution in [-0.4, -0.2) is 19.8 Å². The summed E-state index contributed by atoms with van der Waals surface area (Å²) in [6.45, 7) is 0.162. The first-order valence-electron chi connectivity index (χ1n) is 8.75. The van der Waals surface area contributed by atoms with E-state index in [1.165, 1.54) is 16.4 Å². The summed E-state index contributed by atoms with van der Waals surface area (Å²) in [7, 11) is -2.18. The smallest absolute Gasteiger partial charge is 0.247 e. The second kappa shape index (κ2) is 7.26. The number of sulfonamides is 1. The van der Waals surface area contributed by atoms with Gasteiger partial charge in [-0.3, -0.25) is 0 Å². The normalized spacial score (nSPS) is 18.1. The van der Waals surface area contributed by atoms with Crippen LogP contribution in [0.15, 0.2) is 77.7 Å². The van der Waals surface area contributed by atoms with Crippen LogP contribution in [0.4, 0.5) is 10.1 Å². The Morgan fingerprint density at radius 1 is 1.00 bits per heavy atom. The first kappa shape index (κ1) is 18.5. The molecule has 28 heavy (non-hydrogen) atoms. The van der Waals surface area contributed by atoms with Crippen molar-refractivity contribution in [3.8, 4) is 5.75 Å². The van der Waals surface area contributed by atoms with E-state index in [0.29, 0.717) is 17.0 Å². The van der Waals surface area contributed by atoms with Gasteiger partial charge in [0, 0.05) is 6.54 Å². The monoisotopic (exact) mass is 398 g/mol. The molecule has 144 valence electrons. The Kier molecular flexibility index (Phi) is 4.78. The van der Waals surface area contributed by atoms with Crippen LogP contribution in [0.2, 0.25) is 0 Å². The van der Waals surface area contributed by atoms with Gasteiger partial charge in [0.05, 0.1) is 12.8 Å². The largest absolute Gasteiger partial charge is 0.497 e. The third-order valence-electron chi connectivity index (χ3n) is 4.74. The second-order valence-corrected chi connectivity index (χ2v) is 8.35. The van der Waals surface area contributed by atoms with Gasteiger partial charge in [0.2, 0.25) is 10.0 Å². The van der Waals surface area contributed by atoms with E-state index < -0.39 is 16.2 Å². The summed E-state index contributed by atoms with van der Waals surface area (Å²) in [6.07, 6.45) is -0.650. The molecular weight excluding hydrogens is 379 g/mol. The Labute approximate surface area is 163 Å². The molecule has 1 N–H and O–H groups in total. The highest BCUT2D eigenvalue weighted by Gasteiger charge is 2.38. The SMILES string of the molecule is COc1ccc(CN2[C@@H](c3ccc(F)cc3)Nc3ccccc3S2(=O)=O)cc1. The number of para-hydroxylation sites is 1. The number of nitrogens with zero attached hydrogens (tertiary/aromatic N) is 1. The summed E-state index contributed by atoms with van der Waals surface area (Å²) in [5, 5.41) is 3.28. The van der Waals surface area contributed by atoms with Crippen LogP contribution in [0.3, 0.4) is 0 Å². The number of rotatable bonds is 4. The Hall–Kier alpha value is -2.90. The molecule has 0 amide bonds. The summed E-state index contributed by atoms with van der Waals surface area (Å²) in [5.74, 6) is 0.327. The van der Waals surface area contributed by atoms with Crippen molar-refractivity contribution >= 4 is 15.7 Å². The molecule has 0 fully saturated rings. The first-order chi connectivity index (χ1) is 13.5. The average molecular weight is 398 g/mol. The highest BCUT2D eigenvalue weighted by atomic mass is 32.2. The Balaban J connectivity index is 1.78. The topological polar surface area (TPSA) is 58.6 Å². The maximum absolute atomic E-state index is 13.4. The maximum Gasteiger partial charge on any atom is 0.247 e. The lowest BCUT2D eigenvalue weighted by Gasteiger charge is -2.37. The van der Waals surface area contributed by atoms with E-state index in [2.05, 4.69) is 5.32 Å². The van der Waals surface area contributed by atoms with Crippen molar-refractivity contribution in [2.24, 2.45) is 0 Å². The summed E-state index contributed by atoms with van der Waals surface area (Å²) >= 11 is 0. The van der Waals surface area contributed by atoms with Crippen LogP contribution in [0.1, 0.15) is 17.3 Å². The van der Waals surface area contributed by atoms with E-state index in [1.807, 2.05) is 12.1 Å². The zero-order valence-corrected chi connectivity index (χ0v) is 16.0. The Morgan fingerprint density at radius 3 is 2.36 bits per heavy atom. The number of ether oxygens (including phenoxy) is 1. The van der Waals surface area contributed by atoms with Gasteiger partial charge in [0.1, 0.15) is 22.6 Å². The third-order valence-corrected chi connectivity index (χ3v) is 6.61. The minimum Gasteiger partial charge on any atom is -0.497 e. The van der Waals surface area contributed by atoms with Gasteiger partial charge in [-0.15, -0.1) is 0 Å². The van der Waals surface area contributed by atoms with Crippen molar-refractivity contribution in [1.82, 2.24) is 4.31 Å². The van der Waals surface area contributed by atoms with Crippen molar-refractivity contribution in [3.05, 3.63) is 89.7 Å². The second-order valence-electron chi connectivity index (χ2n) is 6.49. The molecule has 0 aliphatic carbocycles. The number of benzene rings is 3. The minimum atomic E-state index is -3.76. The lowest BCUT2D eigenvalue weighted by molar-refractivity contribution is 0.336. The molecule has 0 saturated heterocycles. The summed E-state index contributed by atoms with van der Waals surface area (Å²) in [5.41, 5.74) is 2.01. The molecule has 0 unspecified atom stereocenters. The van der Waals surface area contributed by atoms with Crippen LogP contribution in [0.5, 0.6) is 5.75 Å². The Bertz CT molecular complexity index is 1080. The number of nitrogens with one attached hydrogen (secondary N) is 1. The molecule has 3 aromatic rings. The van der Waals surface area contributed by atoms with Crippen LogP contribution >= 0.6 is 0 Å². The van der Waals surface area contributed by atoms with Crippen LogP contribution in [-0.2, 0) is 16.6 Å².